The van der Waals surface area contributed by atoms with Crippen molar-refractivity contribution < 1.29 is 14.7 Å². The zero-order valence-electron chi connectivity index (χ0n) is 12.5. The number of carboxylic acid groups (broad SMARTS) is 1. The minimum absolute atomic E-state index is 0. The predicted octanol–water partition coefficient (Wildman–Crippen LogP) is 2.62. The van der Waals surface area contributed by atoms with Gasteiger partial charge in [0, 0.05) is 18.7 Å². The van der Waals surface area contributed by atoms with Crippen LogP contribution in [0.2, 0.25) is 0 Å². The van der Waals surface area contributed by atoms with Gasteiger partial charge < -0.3 is 15.3 Å². The van der Waals surface area contributed by atoms with E-state index in [0.29, 0.717) is 6.42 Å². The summed E-state index contributed by atoms with van der Waals surface area (Å²) >= 11 is 0. The number of piperidine rings is 1. The van der Waals surface area contributed by atoms with Crippen molar-refractivity contribution >= 4 is 30.0 Å². The lowest BCUT2D eigenvalue weighted by Gasteiger charge is -2.31. The fraction of sp³-hybridized carbons (Fsp3) is 0.500. The van der Waals surface area contributed by atoms with Crippen LogP contribution in [0.25, 0.3) is 0 Å². The number of benzene rings is 1. The molecule has 1 aliphatic rings. The molecule has 1 unspecified atom stereocenters. The third kappa shape index (κ3) is 6.03. The number of hydrogen-bond donors (Lipinski definition) is 2. The maximum Gasteiger partial charge on any atom is 0.303 e. The Hall–Kier alpha value is -1.59. The van der Waals surface area contributed by atoms with E-state index in [4.69, 9.17) is 5.11 Å². The van der Waals surface area contributed by atoms with Crippen LogP contribution in [0.15, 0.2) is 30.3 Å². The molecule has 0 aromatic heterocycles. The second kappa shape index (κ2) is 9.43. The van der Waals surface area contributed by atoms with E-state index in [0.717, 1.165) is 38.2 Å². The van der Waals surface area contributed by atoms with Gasteiger partial charge in [-0.2, -0.15) is 0 Å². The smallest absolute Gasteiger partial charge is 0.303 e. The second-order valence-electron chi connectivity index (χ2n) is 5.49. The number of carboxylic acids is 1. The minimum Gasteiger partial charge on any atom is -0.481 e. The highest BCUT2D eigenvalue weighted by atomic mass is 35.5. The number of likely N-dealkylation sites (tertiary alicyclic amines) is 1. The Labute approximate surface area is 137 Å². The minimum atomic E-state index is -0.759. The summed E-state index contributed by atoms with van der Waals surface area (Å²) in [5, 5.41) is 11.6. The zero-order valence-corrected chi connectivity index (χ0v) is 13.3. The molecule has 0 aliphatic carbocycles. The Morgan fingerprint density at radius 2 is 2.00 bits per heavy atom. The van der Waals surface area contributed by atoms with E-state index in [2.05, 4.69) is 10.2 Å². The number of nitrogens with one attached hydrogen (secondary N) is 1. The van der Waals surface area contributed by atoms with Gasteiger partial charge >= 0.3 is 5.97 Å². The number of carbonyl (C=O) groups is 2. The first-order valence-electron chi connectivity index (χ1n) is 7.45. The lowest BCUT2D eigenvalue weighted by molar-refractivity contribution is -0.137. The standard InChI is InChI=1S/C16H22N2O3.ClH/c19-15(20)9-5-11-18-10-4-6-13(12-18)16(21)17-14-7-2-1-3-8-14;/h1-3,7-8,13H,4-6,9-12H2,(H,17,21)(H,19,20);1H. The van der Waals surface area contributed by atoms with Gasteiger partial charge in [-0.05, 0) is 44.5 Å². The number of carbonyl (C=O) groups excluding carboxylic acids is 1. The van der Waals surface area contributed by atoms with E-state index in [-0.39, 0.29) is 30.7 Å². The Kier molecular flexibility index (Phi) is 7.91. The quantitative estimate of drug-likeness (QED) is 0.843. The van der Waals surface area contributed by atoms with Gasteiger partial charge in [-0.1, -0.05) is 18.2 Å². The molecular formula is C16H23ClN2O3. The maximum atomic E-state index is 12.3. The Bertz CT molecular complexity index is 482. The first kappa shape index (κ1) is 18.5. The van der Waals surface area contributed by atoms with E-state index in [1.54, 1.807) is 0 Å². The molecule has 1 aromatic carbocycles. The Morgan fingerprint density at radius 3 is 2.68 bits per heavy atom. The molecule has 0 bridgehead atoms. The molecule has 0 spiro atoms. The third-order valence-electron chi connectivity index (χ3n) is 3.78. The lowest BCUT2D eigenvalue weighted by atomic mass is 9.96. The highest BCUT2D eigenvalue weighted by Crippen LogP contribution is 2.19. The van der Waals surface area contributed by atoms with Crippen LogP contribution >= 0.6 is 12.4 Å². The number of hydrogen-bond acceptors (Lipinski definition) is 3. The molecule has 6 heteroatoms. The SMILES string of the molecule is Cl.O=C(O)CCCN1CCCC(C(=O)Nc2ccccc2)C1. The highest BCUT2D eigenvalue weighted by Gasteiger charge is 2.25. The fourth-order valence-corrected chi connectivity index (χ4v) is 2.69. The van der Waals surface area contributed by atoms with Crippen LogP contribution in [0.1, 0.15) is 25.7 Å². The first-order chi connectivity index (χ1) is 10.1. The summed E-state index contributed by atoms with van der Waals surface area (Å²) in [7, 11) is 0. The van der Waals surface area contributed by atoms with Crippen LogP contribution in [0, 0.1) is 5.92 Å². The third-order valence-corrected chi connectivity index (χ3v) is 3.78. The van der Waals surface area contributed by atoms with Crippen molar-refractivity contribution in [3.8, 4) is 0 Å². The predicted molar refractivity (Wildman–Crippen MR) is 88.4 cm³/mol. The van der Waals surface area contributed by atoms with E-state index in [1.807, 2.05) is 30.3 Å². The van der Waals surface area contributed by atoms with Crippen LogP contribution in [-0.2, 0) is 9.59 Å². The highest BCUT2D eigenvalue weighted by molar-refractivity contribution is 5.92. The summed E-state index contributed by atoms with van der Waals surface area (Å²) in [6.07, 6.45) is 2.72. The van der Waals surface area contributed by atoms with Crippen LogP contribution < -0.4 is 5.32 Å². The molecule has 122 valence electrons. The van der Waals surface area contributed by atoms with Gasteiger partial charge in [-0.3, -0.25) is 9.59 Å². The number of halogens is 1. The molecule has 1 atom stereocenters. The molecule has 1 amide bonds. The largest absolute Gasteiger partial charge is 0.481 e. The van der Waals surface area contributed by atoms with Crippen LogP contribution in [0.5, 0.6) is 0 Å². The summed E-state index contributed by atoms with van der Waals surface area (Å²) in [5.74, 6) is -0.710. The summed E-state index contributed by atoms with van der Waals surface area (Å²) in [6, 6.07) is 9.47. The summed E-state index contributed by atoms with van der Waals surface area (Å²) in [5.41, 5.74) is 0.825. The van der Waals surface area contributed by atoms with Gasteiger partial charge in [0.2, 0.25) is 5.91 Å². The van der Waals surface area contributed by atoms with Gasteiger partial charge in [0.15, 0.2) is 0 Å². The van der Waals surface area contributed by atoms with Gasteiger partial charge in [-0.15, -0.1) is 12.4 Å². The van der Waals surface area contributed by atoms with Crippen molar-refractivity contribution in [2.45, 2.75) is 25.7 Å². The van der Waals surface area contributed by atoms with Crippen molar-refractivity contribution in [3.63, 3.8) is 0 Å². The number of rotatable bonds is 6. The van der Waals surface area contributed by atoms with E-state index in [9.17, 15) is 9.59 Å². The number of para-hydroxylation sites is 1. The monoisotopic (exact) mass is 326 g/mol. The normalized spacial score (nSPS) is 18.3. The molecule has 0 radical (unpaired) electrons. The number of nitrogens with zero attached hydrogens (tertiary/aromatic N) is 1. The number of aliphatic carboxylic acids is 1. The molecular weight excluding hydrogens is 304 g/mol. The van der Waals surface area contributed by atoms with Crippen molar-refractivity contribution in [1.82, 2.24) is 4.90 Å². The van der Waals surface area contributed by atoms with Gasteiger partial charge in [0.25, 0.3) is 0 Å². The van der Waals surface area contributed by atoms with Crippen LogP contribution in [0.3, 0.4) is 0 Å². The van der Waals surface area contributed by atoms with Crippen LogP contribution in [0.4, 0.5) is 5.69 Å². The number of amides is 1. The molecule has 1 heterocycles. The number of anilines is 1. The van der Waals surface area contributed by atoms with Crippen molar-refractivity contribution in [1.29, 1.82) is 0 Å². The van der Waals surface area contributed by atoms with Gasteiger partial charge in [-0.25, -0.2) is 0 Å². The summed E-state index contributed by atoms with van der Waals surface area (Å²) < 4.78 is 0. The average Bonchev–Trinajstić information content (AvgIpc) is 2.48. The summed E-state index contributed by atoms with van der Waals surface area (Å²) in [4.78, 5) is 25.0. The average molecular weight is 327 g/mol. The Balaban J connectivity index is 0.00000242. The lowest BCUT2D eigenvalue weighted by Crippen LogP contribution is -2.41. The van der Waals surface area contributed by atoms with Gasteiger partial charge in [0.05, 0.1) is 5.92 Å². The van der Waals surface area contributed by atoms with Crippen molar-refractivity contribution in [2.24, 2.45) is 5.92 Å². The van der Waals surface area contributed by atoms with Crippen molar-refractivity contribution in [2.75, 3.05) is 25.0 Å². The maximum absolute atomic E-state index is 12.3. The van der Waals surface area contributed by atoms with E-state index >= 15 is 0 Å². The molecule has 1 saturated heterocycles. The molecule has 0 saturated carbocycles. The molecule has 22 heavy (non-hydrogen) atoms. The molecule has 1 fully saturated rings. The van der Waals surface area contributed by atoms with E-state index < -0.39 is 5.97 Å². The fourth-order valence-electron chi connectivity index (χ4n) is 2.69. The Morgan fingerprint density at radius 1 is 1.27 bits per heavy atom. The van der Waals surface area contributed by atoms with Crippen molar-refractivity contribution in [3.05, 3.63) is 30.3 Å². The van der Waals surface area contributed by atoms with E-state index in [1.165, 1.54) is 0 Å². The van der Waals surface area contributed by atoms with Gasteiger partial charge in [0.1, 0.15) is 0 Å². The first-order valence-corrected chi connectivity index (χ1v) is 7.45. The molecule has 1 aliphatic heterocycles. The second-order valence-corrected chi connectivity index (χ2v) is 5.49. The topological polar surface area (TPSA) is 69.6 Å². The molecule has 1 aromatic rings. The zero-order chi connectivity index (χ0) is 15.1. The van der Waals surface area contributed by atoms with Crippen LogP contribution in [-0.4, -0.2) is 41.5 Å². The molecule has 5 nitrogen and oxygen atoms in total. The molecule has 2 N–H and O–H groups in total. The summed E-state index contributed by atoms with van der Waals surface area (Å²) in [6.45, 7) is 2.43. The molecule has 2 rings (SSSR count).